The van der Waals surface area contributed by atoms with Crippen LogP contribution in [0.3, 0.4) is 0 Å². The summed E-state index contributed by atoms with van der Waals surface area (Å²) >= 11 is 6.04. The van der Waals surface area contributed by atoms with Gasteiger partial charge in [0, 0.05) is 23.8 Å². The number of aryl methyl sites for hydroxylation is 1. The normalized spacial score (nSPS) is 13.8. The van der Waals surface area contributed by atoms with Crippen molar-refractivity contribution in [3.63, 3.8) is 0 Å². The molecule has 0 N–H and O–H groups in total. The van der Waals surface area contributed by atoms with Gasteiger partial charge in [-0.15, -0.1) is 0 Å². The van der Waals surface area contributed by atoms with Gasteiger partial charge in [0.25, 0.3) is 5.69 Å². The number of halogens is 2. The standard InChI is InChI=1S/C23H15ClFNO5/c1-13-9-16(30-12-14-5-7-15(8-6-14)26(28)29)10-20-22(13)23(27)21(31-20)11-17-18(24)3-2-4-19(17)25/h2-11H,12H2,1H3/b21-11-. The summed E-state index contributed by atoms with van der Waals surface area (Å²) in [4.78, 5) is 23.0. The first-order valence-electron chi connectivity index (χ1n) is 9.22. The minimum Gasteiger partial charge on any atom is -0.489 e. The third-order valence-corrected chi connectivity index (χ3v) is 5.10. The number of ether oxygens (including phenoxy) is 2. The Labute approximate surface area is 181 Å². The quantitative estimate of drug-likeness (QED) is 0.281. The second-order valence-corrected chi connectivity index (χ2v) is 7.31. The molecule has 0 fully saturated rings. The van der Waals surface area contributed by atoms with Crippen LogP contribution in [-0.2, 0) is 6.61 Å². The van der Waals surface area contributed by atoms with E-state index in [1.54, 1.807) is 31.2 Å². The van der Waals surface area contributed by atoms with E-state index < -0.39 is 10.7 Å². The van der Waals surface area contributed by atoms with Crippen molar-refractivity contribution in [2.75, 3.05) is 0 Å². The zero-order valence-corrected chi connectivity index (χ0v) is 17.0. The molecule has 1 aliphatic heterocycles. The van der Waals surface area contributed by atoms with Crippen molar-refractivity contribution in [1.82, 2.24) is 0 Å². The number of nitrogens with zero attached hydrogens (tertiary/aromatic N) is 1. The van der Waals surface area contributed by atoms with Crippen molar-refractivity contribution in [3.8, 4) is 11.5 Å². The molecule has 6 nitrogen and oxygen atoms in total. The van der Waals surface area contributed by atoms with E-state index >= 15 is 0 Å². The van der Waals surface area contributed by atoms with Crippen LogP contribution in [0.25, 0.3) is 6.08 Å². The van der Waals surface area contributed by atoms with Gasteiger partial charge in [-0.2, -0.15) is 0 Å². The van der Waals surface area contributed by atoms with Crippen LogP contribution in [0.4, 0.5) is 10.1 Å². The third-order valence-electron chi connectivity index (χ3n) is 4.77. The van der Waals surface area contributed by atoms with Gasteiger partial charge in [-0.3, -0.25) is 14.9 Å². The lowest BCUT2D eigenvalue weighted by Gasteiger charge is -2.09. The average molecular weight is 440 g/mol. The first-order chi connectivity index (χ1) is 14.8. The Morgan fingerprint density at radius 1 is 1.19 bits per heavy atom. The third kappa shape index (κ3) is 4.13. The molecule has 1 aliphatic rings. The molecule has 0 bridgehead atoms. The number of hydrogen-bond donors (Lipinski definition) is 0. The van der Waals surface area contributed by atoms with E-state index in [2.05, 4.69) is 0 Å². The number of non-ortho nitro benzene ring substituents is 1. The van der Waals surface area contributed by atoms with Crippen LogP contribution in [0.2, 0.25) is 5.02 Å². The number of nitro benzene ring substituents is 1. The van der Waals surface area contributed by atoms with Gasteiger partial charge in [0.1, 0.15) is 23.9 Å². The number of fused-ring (bicyclic) bond motifs is 1. The number of carbonyl (C=O) groups excluding carboxylic acids is 1. The Bertz CT molecular complexity index is 1220. The highest BCUT2D eigenvalue weighted by molar-refractivity contribution is 6.32. The van der Waals surface area contributed by atoms with Gasteiger partial charge in [-0.05, 0) is 54.5 Å². The molecule has 3 aromatic carbocycles. The molecule has 31 heavy (non-hydrogen) atoms. The van der Waals surface area contributed by atoms with Gasteiger partial charge in [0.2, 0.25) is 5.78 Å². The minimum atomic E-state index is -0.559. The average Bonchev–Trinajstić information content (AvgIpc) is 3.05. The Kier molecular flexibility index (Phi) is 5.44. The van der Waals surface area contributed by atoms with Crippen LogP contribution in [0, 0.1) is 22.9 Å². The number of benzene rings is 3. The molecule has 0 saturated heterocycles. The van der Waals surface area contributed by atoms with E-state index in [0.29, 0.717) is 22.6 Å². The van der Waals surface area contributed by atoms with Crippen LogP contribution < -0.4 is 9.47 Å². The largest absolute Gasteiger partial charge is 0.489 e. The molecule has 0 aliphatic carbocycles. The Balaban J connectivity index is 1.56. The van der Waals surface area contributed by atoms with Crippen LogP contribution in [0.1, 0.15) is 27.0 Å². The SMILES string of the molecule is Cc1cc(OCc2ccc([N+](=O)[O-])cc2)cc2c1C(=O)/C(=C/c1c(F)cccc1Cl)O2. The summed E-state index contributed by atoms with van der Waals surface area (Å²) in [7, 11) is 0. The highest BCUT2D eigenvalue weighted by Crippen LogP contribution is 2.38. The fourth-order valence-electron chi connectivity index (χ4n) is 3.22. The fraction of sp³-hybridized carbons (Fsp3) is 0.0870. The van der Waals surface area contributed by atoms with Gasteiger partial charge in [-0.1, -0.05) is 17.7 Å². The summed E-state index contributed by atoms with van der Waals surface area (Å²) < 4.78 is 25.5. The zero-order valence-electron chi connectivity index (χ0n) is 16.2. The molecular weight excluding hydrogens is 425 g/mol. The lowest BCUT2D eigenvalue weighted by Crippen LogP contribution is -2.00. The van der Waals surface area contributed by atoms with Gasteiger partial charge in [0.15, 0.2) is 5.76 Å². The van der Waals surface area contributed by atoms with Gasteiger partial charge in [0.05, 0.1) is 15.5 Å². The van der Waals surface area contributed by atoms with Crippen molar-refractivity contribution in [1.29, 1.82) is 0 Å². The van der Waals surface area contributed by atoms with E-state index in [1.807, 2.05) is 0 Å². The number of hydrogen-bond acceptors (Lipinski definition) is 5. The summed E-state index contributed by atoms with van der Waals surface area (Å²) in [6.07, 6.45) is 1.29. The van der Waals surface area contributed by atoms with Crippen molar-refractivity contribution in [2.45, 2.75) is 13.5 Å². The molecule has 1 heterocycles. The second kappa shape index (κ2) is 8.20. The molecule has 156 valence electrons. The van der Waals surface area contributed by atoms with Crippen LogP contribution in [0.5, 0.6) is 11.5 Å². The number of ketones is 1. The topological polar surface area (TPSA) is 78.7 Å². The zero-order chi connectivity index (χ0) is 22.1. The molecule has 0 radical (unpaired) electrons. The highest BCUT2D eigenvalue weighted by Gasteiger charge is 2.30. The lowest BCUT2D eigenvalue weighted by atomic mass is 10.0. The summed E-state index contributed by atoms with van der Waals surface area (Å²) in [5.74, 6) is -0.183. The molecule has 0 spiro atoms. The summed E-state index contributed by atoms with van der Waals surface area (Å²) in [5.41, 5.74) is 1.84. The van der Waals surface area contributed by atoms with Crippen LogP contribution in [-0.4, -0.2) is 10.7 Å². The molecule has 0 atom stereocenters. The number of rotatable bonds is 5. The van der Waals surface area contributed by atoms with Gasteiger partial charge >= 0.3 is 0 Å². The maximum Gasteiger partial charge on any atom is 0.269 e. The Morgan fingerprint density at radius 2 is 1.94 bits per heavy atom. The summed E-state index contributed by atoms with van der Waals surface area (Å²) in [5, 5.41) is 10.9. The molecule has 8 heteroatoms. The predicted molar refractivity (Wildman–Crippen MR) is 113 cm³/mol. The van der Waals surface area contributed by atoms with Crippen molar-refractivity contribution < 1.29 is 23.6 Å². The van der Waals surface area contributed by atoms with Gasteiger partial charge < -0.3 is 9.47 Å². The number of carbonyl (C=O) groups is 1. The Hall–Kier alpha value is -3.71. The fourth-order valence-corrected chi connectivity index (χ4v) is 3.44. The molecule has 4 rings (SSSR count). The number of allylic oxidation sites excluding steroid dienone is 1. The predicted octanol–water partition coefficient (Wildman–Crippen LogP) is 5.89. The van der Waals surface area contributed by atoms with Gasteiger partial charge in [-0.25, -0.2) is 4.39 Å². The first-order valence-corrected chi connectivity index (χ1v) is 9.60. The molecule has 0 amide bonds. The molecule has 0 saturated carbocycles. The maximum atomic E-state index is 14.1. The van der Waals surface area contributed by atoms with E-state index in [9.17, 15) is 19.3 Å². The molecule has 0 unspecified atom stereocenters. The smallest absolute Gasteiger partial charge is 0.269 e. The highest BCUT2D eigenvalue weighted by atomic mass is 35.5. The minimum absolute atomic E-state index is 0.00156. The lowest BCUT2D eigenvalue weighted by molar-refractivity contribution is -0.384. The molecule has 3 aromatic rings. The van der Waals surface area contributed by atoms with E-state index in [1.165, 1.54) is 36.4 Å². The first kappa shape index (κ1) is 20.6. The number of Topliss-reactive ketones (excluding diaryl/α,β-unsaturated/α-hetero) is 1. The maximum absolute atomic E-state index is 14.1. The van der Waals surface area contributed by atoms with Crippen molar-refractivity contribution >= 4 is 29.1 Å². The molecular formula is C23H15ClFNO5. The second-order valence-electron chi connectivity index (χ2n) is 6.90. The Morgan fingerprint density at radius 3 is 2.61 bits per heavy atom. The summed E-state index contributed by atoms with van der Waals surface area (Å²) in [6.45, 7) is 1.93. The van der Waals surface area contributed by atoms with Crippen LogP contribution >= 0.6 is 11.6 Å². The van der Waals surface area contributed by atoms with Crippen molar-refractivity contribution in [2.24, 2.45) is 0 Å². The number of nitro groups is 1. The molecule has 0 aromatic heterocycles. The monoisotopic (exact) mass is 439 g/mol. The van der Waals surface area contributed by atoms with E-state index in [-0.39, 0.29) is 34.4 Å². The van der Waals surface area contributed by atoms with E-state index in [4.69, 9.17) is 21.1 Å². The van der Waals surface area contributed by atoms with E-state index in [0.717, 1.165) is 5.56 Å². The van der Waals surface area contributed by atoms with Crippen molar-refractivity contribution in [3.05, 3.63) is 104 Å². The van der Waals surface area contributed by atoms with Crippen LogP contribution in [0.15, 0.2) is 60.4 Å². The summed E-state index contributed by atoms with van der Waals surface area (Å²) in [6, 6.07) is 13.6.